The van der Waals surface area contributed by atoms with Crippen LogP contribution in [-0.2, 0) is 6.54 Å². The van der Waals surface area contributed by atoms with Crippen LogP contribution in [0.4, 0.5) is 0 Å². The molecule has 0 bridgehead atoms. The predicted octanol–water partition coefficient (Wildman–Crippen LogP) is 2.47. The quantitative estimate of drug-likeness (QED) is 0.758. The topological polar surface area (TPSA) is 39.1 Å². The molecular formula is C14H15NO2. The zero-order valence-electron chi connectivity index (χ0n) is 10.0. The summed E-state index contributed by atoms with van der Waals surface area (Å²) in [7, 11) is 0. The van der Waals surface area contributed by atoms with E-state index in [4.69, 9.17) is 0 Å². The molecule has 1 aromatic heterocycles. The maximum absolute atomic E-state index is 12.1. The summed E-state index contributed by atoms with van der Waals surface area (Å²) in [5.74, 6) is 0.359. The second-order valence-electron chi connectivity index (χ2n) is 4.59. The first-order valence-corrected chi connectivity index (χ1v) is 5.71. The maximum atomic E-state index is 12.1. The lowest BCUT2D eigenvalue weighted by atomic mass is 10.1. The van der Waals surface area contributed by atoms with Crippen LogP contribution in [-0.4, -0.2) is 10.9 Å². The van der Waals surface area contributed by atoms with Gasteiger partial charge < -0.3 is 4.57 Å². The van der Waals surface area contributed by atoms with E-state index in [1.165, 1.54) is 0 Å². The Labute approximate surface area is 99.7 Å². The molecule has 0 aliphatic carbocycles. The molecule has 0 atom stereocenters. The van der Waals surface area contributed by atoms with Crippen molar-refractivity contribution in [3.8, 4) is 0 Å². The van der Waals surface area contributed by atoms with E-state index in [1.807, 2.05) is 24.3 Å². The Morgan fingerprint density at radius 3 is 2.65 bits per heavy atom. The van der Waals surface area contributed by atoms with Crippen LogP contribution in [0.2, 0.25) is 0 Å². The largest absolute Gasteiger partial charge is 0.307 e. The highest BCUT2D eigenvalue weighted by Gasteiger charge is 2.09. The smallest absolute Gasteiger partial charge is 0.261 e. The second kappa shape index (κ2) is 4.53. The molecule has 1 aromatic carbocycles. The number of nitrogens with zero attached hydrogens (tertiary/aromatic N) is 1. The molecule has 0 radical (unpaired) electrons. The second-order valence-corrected chi connectivity index (χ2v) is 4.59. The number of aromatic nitrogens is 1. The molecule has 0 aliphatic rings. The number of hydrogen-bond donors (Lipinski definition) is 0. The molecule has 0 saturated carbocycles. The van der Waals surface area contributed by atoms with E-state index in [2.05, 4.69) is 13.8 Å². The van der Waals surface area contributed by atoms with Crippen molar-refractivity contribution in [2.24, 2.45) is 5.92 Å². The van der Waals surface area contributed by atoms with Gasteiger partial charge in [0, 0.05) is 6.54 Å². The highest BCUT2D eigenvalue weighted by molar-refractivity contribution is 5.86. The molecule has 0 N–H and O–H groups in total. The van der Waals surface area contributed by atoms with Gasteiger partial charge in [-0.3, -0.25) is 9.59 Å². The fraction of sp³-hybridized carbons (Fsp3) is 0.286. The third kappa shape index (κ3) is 2.13. The zero-order valence-corrected chi connectivity index (χ0v) is 10.0. The average Bonchev–Trinajstić information content (AvgIpc) is 2.32. The van der Waals surface area contributed by atoms with Gasteiger partial charge in [-0.05, 0) is 23.4 Å². The number of carbonyl (C=O) groups excluding carboxylic acids is 1. The molecule has 2 rings (SSSR count). The molecule has 0 amide bonds. The SMILES string of the molecule is CC(C)Cn1c(=O)c(C=O)cc2ccccc21. The van der Waals surface area contributed by atoms with E-state index >= 15 is 0 Å². The minimum absolute atomic E-state index is 0.201. The summed E-state index contributed by atoms with van der Waals surface area (Å²) >= 11 is 0. The summed E-state index contributed by atoms with van der Waals surface area (Å²) in [6.07, 6.45) is 0.631. The van der Waals surface area contributed by atoms with Gasteiger partial charge in [0.15, 0.2) is 6.29 Å². The average molecular weight is 229 g/mol. The number of pyridine rings is 1. The summed E-state index contributed by atoms with van der Waals surface area (Å²) in [4.78, 5) is 23.0. The van der Waals surface area contributed by atoms with Gasteiger partial charge in [0.05, 0.1) is 11.1 Å². The minimum atomic E-state index is -0.201. The molecule has 17 heavy (non-hydrogen) atoms. The van der Waals surface area contributed by atoms with Crippen LogP contribution in [0.15, 0.2) is 35.1 Å². The Kier molecular flexibility index (Phi) is 3.09. The summed E-state index contributed by atoms with van der Waals surface area (Å²) in [6.45, 7) is 4.73. The van der Waals surface area contributed by atoms with Crippen molar-refractivity contribution >= 4 is 17.2 Å². The monoisotopic (exact) mass is 229 g/mol. The number of fused-ring (bicyclic) bond motifs is 1. The molecule has 0 spiro atoms. The van der Waals surface area contributed by atoms with Crippen LogP contribution < -0.4 is 5.56 Å². The highest BCUT2D eigenvalue weighted by atomic mass is 16.1. The van der Waals surface area contributed by atoms with E-state index in [9.17, 15) is 9.59 Å². The predicted molar refractivity (Wildman–Crippen MR) is 68.4 cm³/mol. The minimum Gasteiger partial charge on any atom is -0.307 e. The molecule has 3 nitrogen and oxygen atoms in total. The zero-order chi connectivity index (χ0) is 12.4. The Hall–Kier alpha value is -1.90. The van der Waals surface area contributed by atoms with Crippen LogP contribution in [0, 0.1) is 5.92 Å². The van der Waals surface area contributed by atoms with Gasteiger partial charge >= 0.3 is 0 Å². The van der Waals surface area contributed by atoms with Crippen molar-refractivity contribution in [2.45, 2.75) is 20.4 Å². The first-order chi connectivity index (χ1) is 8.13. The lowest BCUT2D eigenvalue weighted by molar-refractivity contribution is 0.112. The molecule has 2 aromatic rings. The van der Waals surface area contributed by atoms with Crippen molar-refractivity contribution in [1.82, 2.24) is 4.57 Å². The van der Waals surface area contributed by atoms with E-state index in [-0.39, 0.29) is 11.1 Å². The van der Waals surface area contributed by atoms with Crippen LogP contribution in [0.3, 0.4) is 0 Å². The molecule has 0 aliphatic heterocycles. The maximum Gasteiger partial charge on any atom is 0.261 e. The number of benzene rings is 1. The Morgan fingerprint density at radius 2 is 2.00 bits per heavy atom. The first-order valence-electron chi connectivity index (χ1n) is 5.71. The molecule has 3 heteroatoms. The van der Waals surface area contributed by atoms with Crippen LogP contribution >= 0.6 is 0 Å². The number of para-hydroxylation sites is 1. The van der Waals surface area contributed by atoms with E-state index in [0.29, 0.717) is 18.7 Å². The lowest BCUT2D eigenvalue weighted by Crippen LogP contribution is -2.25. The highest BCUT2D eigenvalue weighted by Crippen LogP contribution is 2.14. The third-order valence-corrected chi connectivity index (χ3v) is 2.71. The summed E-state index contributed by atoms with van der Waals surface area (Å²) in [5, 5.41) is 0.926. The number of carbonyl (C=O) groups is 1. The van der Waals surface area contributed by atoms with Gasteiger partial charge in [-0.1, -0.05) is 32.0 Å². The molecule has 0 unspecified atom stereocenters. The van der Waals surface area contributed by atoms with Crippen LogP contribution in [0.5, 0.6) is 0 Å². The van der Waals surface area contributed by atoms with Gasteiger partial charge in [-0.2, -0.15) is 0 Å². The summed E-state index contributed by atoms with van der Waals surface area (Å²) in [6, 6.07) is 9.29. The number of aldehydes is 1. The molecule has 0 fully saturated rings. The van der Waals surface area contributed by atoms with Crippen LogP contribution in [0.25, 0.3) is 10.9 Å². The molecule has 0 saturated heterocycles. The van der Waals surface area contributed by atoms with Crippen molar-refractivity contribution in [1.29, 1.82) is 0 Å². The third-order valence-electron chi connectivity index (χ3n) is 2.71. The number of hydrogen-bond acceptors (Lipinski definition) is 2. The van der Waals surface area contributed by atoms with Crippen molar-refractivity contribution in [3.63, 3.8) is 0 Å². The molecular weight excluding hydrogens is 214 g/mol. The molecule has 1 heterocycles. The Morgan fingerprint density at radius 1 is 1.29 bits per heavy atom. The normalized spacial score (nSPS) is 11.0. The lowest BCUT2D eigenvalue weighted by Gasteiger charge is -2.13. The van der Waals surface area contributed by atoms with Crippen molar-refractivity contribution < 1.29 is 4.79 Å². The standard InChI is InChI=1S/C14H15NO2/c1-10(2)8-15-13-6-4-3-5-11(13)7-12(9-16)14(15)17/h3-7,9-10H,8H2,1-2H3. The summed E-state index contributed by atoms with van der Waals surface area (Å²) in [5.41, 5.74) is 0.911. The van der Waals surface area contributed by atoms with E-state index < -0.39 is 0 Å². The molecule has 88 valence electrons. The van der Waals surface area contributed by atoms with Gasteiger partial charge in [0.2, 0.25) is 0 Å². The fourth-order valence-electron chi connectivity index (χ4n) is 1.98. The van der Waals surface area contributed by atoms with Gasteiger partial charge in [0.25, 0.3) is 5.56 Å². The Balaban J connectivity index is 2.80. The Bertz CT molecular complexity index is 611. The van der Waals surface area contributed by atoms with E-state index in [0.717, 1.165) is 10.9 Å². The fourth-order valence-corrected chi connectivity index (χ4v) is 1.98. The first kappa shape index (κ1) is 11.6. The number of rotatable bonds is 3. The summed E-state index contributed by atoms with van der Waals surface area (Å²) < 4.78 is 1.68. The van der Waals surface area contributed by atoms with E-state index in [1.54, 1.807) is 10.6 Å². The van der Waals surface area contributed by atoms with Gasteiger partial charge in [-0.25, -0.2) is 0 Å². The van der Waals surface area contributed by atoms with Gasteiger partial charge in [0.1, 0.15) is 0 Å². The van der Waals surface area contributed by atoms with Crippen molar-refractivity contribution in [2.75, 3.05) is 0 Å². The van der Waals surface area contributed by atoms with Gasteiger partial charge in [-0.15, -0.1) is 0 Å². The van der Waals surface area contributed by atoms with Crippen molar-refractivity contribution in [3.05, 3.63) is 46.2 Å². The van der Waals surface area contributed by atoms with Crippen LogP contribution in [0.1, 0.15) is 24.2 Å².